The van der Waals surface area contributed by atoms with Crippen LogP contribution in [0.15, 0.2) is 60.7 Å². The minimum atomic E-state index is -0.430. The van der Waals surface area contributed by atoms with Gasteiger partial charge in [0, 0.05) is 11.3 Å². The van der Waals surface area contributed by atoms with E-state index in [9.17, 15) is 9.59 Å². The fraction of sp³-hybridized carbons (Fsp3) is 0.231. The minimum Gasteiger partial charge on any atom is -0.366 e. The van der Waals surface area contributed by atoms with Crippen LogP contribution in [0.5, 0.6) is 0 Å². The Morgan fingerprint density at radius 3 is 1.97 bits per heavy atom. The van der Waals surface area contributed by atoms with Crippen molar-refractivity contribution in [2.45, 2.75) is 26.2 Å². The van der Waals surface area contributed by atoms with Gasteiger partial charge in [-0.3, -0.25) is 9.59 Å². The normalized spacial score (nSPS) is 10.6. The van der Waals surface area contributed by atoms with Gasteiger partial charge in [0.2, 0.25) is 11.8 Å². The summed E-state index contributed by atoms with van der Waals surface area (Å²) < 4.78 is 0. The smallest absolute Gasteiger partial charge is 0.248 e. The second kappa shape index (κ2) is 11.8. The predicted molar refractivity (Wildman–Crippen MR) is 143 cm³/mol. The lowest BCUT2D eigenvalue weighted by atomic mass is 9.98. The molecule has 4 aromatic carbocycles. The summed E-state index contributed by atoms with van der Waals surface area (Å²) in [6.45, 7) is 3.33. The monoisotopic (exact) mass is 485 g/mol. The molecular weight excluding hydrogens is 457 g/mol. The highest BCUT2D eigenvalue weighted by Crippen LogP contribution is 2.29. The number of unbranched alkanes of at least 4 members (excludes halogenated alkanes) is 2. The second-order valence-electron chi connectivity index (χ2n) is 7.97. The zero-order chi connectivity index (χ0) is 21.8. The summed E-state index contributed by atoms with van der Waals surface area (Å²) in [5.74, 6) is -0.470. The van der Waals surface area contributed by atoms with E-state index in [1.807, 2.05) is 30.3 Å². The summed E-state index contributed by atoms with van der Waals surface area (Å²) in [7, 11) is 0. The van der Waals surface area contributed by atoms with Gasteiger partial charge >= 0.3 is 0 Å². The van der Waals surface area contributed by atoms with E-state index in [2.05, 4.69) is 41.8 Å². The minimum absolute atomic E-state index is 0. The number of nitrogens with one attached hydrogen (secondary N) is 2. The van der Waals surface area contributed by atoms with Gasteiger partial charge in [-0.25, -0.2) is 0 Å². The summed E-state index contributed by atoms with van der Waals surface area (Å²) >= 11 is 0. The Morgan fingerprint density at radius 1 is 0.758 bits per heavy atom. The van der Waals surface area contributed by atoms with Crippen LogP contribution >= 0.6 is 24.8 Å². The first-order valence-corrected chi connectivity index (χ1v) is 10.8. The Bertz CT molecular complexity index is 1290. The molecule has 7 heteroatoms. The van der Waals surface area contributed by atoms with Crippen LogP contribution in [0.3, 0.4) is 0 Å². The molecule has 174 valence electrons. The number of benzene rings is 4. The predicted octanol–water partition coefficient (Wildman–Crippen LogP) is 5.81. The van der Waals surface area contributed by atoms with E-state index in [0.29, 0.717) is 12.1 Å². The zero-order valence-corrected chi connectivity index (χ0v) is 20.2. The summed E-state index contributed by atoms with van der Waals surface area (Å²) in [5.41, 5.74) is 6.70. The number of anilines is 1. The van der Waals surface area contributed by atoms with Crippen LogP contribution in [0.25, 0.3) is 32.3 Å². The molecule has 4 aromatic rings. The van der Waals surface area contributed by atoms with E-state index < -0.39 is 5.91 Å². The van der Waals surface area contributed by atoms with Crippen molar-refractivity contribution >= 4 is 74.6 Å². The number of halogens is 2. The van der Waals surface area contributed by atoms with Gasteiger partial charge in [0.15, 0.2) is 0 Å². The van der Waals surface area contributed by atoms with Crippen molar-refractivity contribution in [3.63, 3.8) is 0 Å². The van der Waals surface area contributed by atoms with Crippen LogP contribution < -0.4 is 16.4 Å². The fourth-order valence-corrected chi connectivity index (χ4v) is 3.89. The average molecular weight is 486 g/mol. The lowest BCUT2D eigenvalue weighted by Gasteiger charge is -2.09. The van der Waals surface area contributed by atoms with Crippen LogP contribution in [0, 0.1) is 0 Å². The van der Waals surface area contributed by atoms with Crippen LogP contribution in [0.1, 0.15) is 36.5 Å². The number of amides is 2. The number of nitrogens with two attached hydrogens (primary N) is 1. The average Bonchev–Trinajstić information content (AvgIpc) is 2.75. The van der Waals surface area contributed by atoms with Gasteiger partial charge in [-0.15, -0.1) is 24.8 Å². The molecule has 4 rings (SSSR count). The lowest BCUT2D eigenvalue weighted by molar-refractivity contribution is -0.115. The van der Waals surface area contributed by atoms with E-state index >= 15 is 0 Å². The van der Waals surface area contributed by atoms with Gasteiger partial charge in [0.1, 0.15) is 0 Å². The maximum atomic E-state index is 12.2. The SMILES string of the molecule is CCCCCNCC(=O)Nc1ccc2cc3cc4ccc(C(N)=O)cc4cc3cc2c1.Cl.Cl. The molecule has 0 aromatic heterocycles. The number of carbonyl (C=O) groups excluding carboxylic acids is 2. The number of primary amides is 1. The molecule has 0 atom stereocenters. The van der Waals surface area contributed by atoms with Gasteiger partial charge in [0.05, 0.1) is 6.54 Å². The summed E-state index contributed by atoms with van der Waals surface area (Å²) in [6, 6.07) is 19.9. The molecule has 0 aliphatic heterocycles. The molecule has 2 amide bonds. The molecule has 0 radical (unpaired) electrons. The number of hydrogen-bond donors (Lipinski definition) is 3. The van der Waals surface area contributed by atoms with Crippen molar-refractivity contribution in [3.05, 3.63) is 66.2 Å². The van der Waals surface area contributed by atoms with Crippen molar-refractivity contribution in [2.75, 3.05) is 18.4 Å². The summed E-state index contributed by atoms with van der Waals surface area (Å²) in [4.78, 5) is 23.7. The highest BCUT2D eigenvalue weighted by molar-refractivity contribution is 6.07. The maximum Gasteiger partial charge on any atom is 0.248 e. The van der Waals surface area contributed by atoms with E-state index in [4.69, 9.17) is 5.73 Å². The first kappa shape index (κ1) is 26.4. The standard InChI is InChI=1S/C26H27N3O2.2ClH/c1-2-3-4-9-28-16-25(30)29-24-8-7-18-11-21-10-17-5-6-19(26(27)31)12-20(17)13-22(21)14-23(18)15-24;;/h5-8,10-15,28H,2-4,9,16H2,1H3,(H2,27,31)(H,29,30);2*1H. The number of fused-ring (bicyclic) bond motifs is 3. The molecule has 0 unspecified atom stereocenters. The molecule has 0 bridgehead atoms. The Morgan fingerprint density at radius 2 is 1.33 bits per heavy atom. The van der Waals surface area contributed by atoms with Gasteiger partial charge in [-0.05, 0) is 93.8 Å². The number of carbonyl (C=O) groups is 2. The maximum absolute atomic E-state index is 12.2. The molecule has 0 saturated carbocycles. The third kappa shape index (κ3) is 6.35. The quantitative estimate of drug-likeness (QED) is 0.217. The number of hydrogen-bond acceptors (Lipinski definition) is 3. The van der Waals surface area contributed by atoms with Crippen LogP contribution in [0.4, 0.5) is 5.69 Å². The second-order valence-corrected chi connectivity index (χ2v) is 7.97. The van der Waals surface area contributed by atoms with Crippen LogP contribution in [-0.4, -0.2) is 24.9 Å². The molecular formula is C26H29Cl2N3O2. The van der Waals surface area contributed by atoms with E-state index in [1.54, 1.807) is 6.07 Å². The third-order valence-electron chi connectivity index (χ3n) is 5.56. The summed E-state index contributed by atoms with van der Waals surface area (Å²) in [5, 5.41) is 12.5. The van der Waals surface area contributed by atoms with E-state index in [1.165, 1.54) is 12.8 Å². The van der Waals surface area contributed by atoms with Gasteiger partial charge in [-0.2, -0.15) is 0 Å². The van der Waals surface area contributed by atoms with E-state index in [0.717, 1.165) is 51.0 Å². The Labute approximate surface area is 205 Å². The van der Waals surface area contributed by atoms with Crippen molar-refractivity contribution in [2.24, 2.45) is 5.73 Å². The number of rotatable bonds is 8. The summed E-state index contributed by atoms with van der Waals surface area (Å²) in [6.07, 6.45) is 3.43. The first-order valence-electron chi connectivity index (χ1n) is 10.8. The molecule has 0 saturated heterocycles. The molecule has 0 heterocycles. The third-order valence-corrected chi connectivity index (χ3v) is 5.56. The van der Waals surface area contributed by atoms with Crippen molar-refractivity contribution in [1.29, 1.82) is 0 Å². The van der Waals surface area contributed by atoms with Gasteiger partial charge < -0.3 is 16.4 Å². The molecule has 5 nitrogen and oxygen atoms in total. The topological polar surface area (TPSA) is 84.2 Å². The molecule has 0 aliphatic carbocycles. The van der Waals surface area contributed by atoms with E-state index in [-0.39, 0.29) is 30.7 Å². The van der Waals surface area contributed by atoms with Crippen LogP contribution in [-0.2, 0) is 4.79 Å². The van der Waals surface area contributed by atoms with Crippen LogP contribution in [0.2, 0.25) is 0 Å². The highest BCUT2D eigenvalue weighted by Gasteiger charge is 2.07. The molecule has 4 N–H and O–H groups in total. The van der Waals surface area contributed by atoms with Crippen molar-refractivity contribution in [1.82, 2.24) is 5.32 Å². The van der Waals surface area contributed by atoms with Crippen molar-refractivity contribution in [3.8, 4) is 0 Å². The fourth-order valence-electron chi connectivity index (χ4n) is 3.89. The van der Waals surface area contributed by atoms with Crippen molar-refractivity contribution < 1.29 is 9.59 Å². The Hall–Kier alpha value is -2.86. The zero-order valence-electron chi connectivity index (χ0n) is 18.5. The van der Waals surface area contributed by atoms with Gasteiger partial charge in [-0.1, -0.05) is 31.9 Å². The Balaban J connectivity index is 0.00000193. The Kier molecular flexibility index (Phi) is 9.47. The largest absolute Gasteiger partial charge is 0.366 e. The molecule has 33 heavy (non-hydrogen) atoms. The first-order chi connectivity index (χ1) is 15.0. The lowest BCUT2D eigenvalue weighted by Crippen LogP contribution is -2.28. The van der Waals surface area contributed by atoms with Gasteiger partial charge in [0.25, 0.3) is 0 Å². The molecule has 0 fully saturated rings. The molecule has 0 spiro atoms. The molecule has 0 aliphatic rings. The highest BCUT2D eigenvalue weighted by atomic mass is 35.5.